The van der Waals surface area contributed by atoms with Crippen molar-refractivity contribution >= 4 is 10.8 Å². The van der Waals surface area contributed by atoms with Gasteiger partial charge in [-0.3, -0.25) is 5.11 Å². The topological polar surface area (TPSA) is 47.6 Å². The molecule has 0 N–H and O–H groups in total. The normalized spacial score (nSPS) is 10.3. The van der Waals surface area contributed by atoms with Crippen molar-refractivity contribution in [2.24, 2.45) is 0 Å². The average Bonchev–Trinajstić information content (AvgIpc) is 2.36. The first kappa shape index (κ1) is 11.4. The van der Waals surface area contributed by atoms with E-state index in [2.05, 4.69) is 0 Å². The van der Waals surface area contributed by atoms with E-state index in [1.54, 1.807) is 26.4 Å². The summed E-state index contributed by atoms with van der Waals surface area (Å²) in [7, 11) is 4.61. The molecular weight excluding hydrogens is 220 g/mol. The summed E-state index contributed by atoms with van der Waals surface area (Å²) in [5, 5.41) is 13.3. The van der Waals surface area contributed by atoms with E-state index in [0.29, 0.717) is 17.2 Å². The molecular formula is C13H13O4. The molecule has 0 heterocycles. The Labute approximate surface area is 99.3 Å². The molecule has 0 aliphatic rings. The number of hydrogen-bond acceptors (Lipinski definition) is 3. The fourth-order valence-electron chi connectivity index (χ4n) is 1.74. The van der Waals surface area contributed by atoms with Gasteiger partial charge >= 0.3 is 0 Å². The first-order chi connectivity index (χ1) is 8.19. The van der Waals surface area contributed by atoms with E-state index >= 15 is 0 Å². The molecule has 0 aliphatic carbocycles. The van der Waals surface area contributed by atoms with E-state index < -0.39 is 0 Å². The molecule has 0 fully saturated rings. The third-order valence-electron chi connectivity index (χ3n) is 2.63. The van der Waals surface area contributed by atoms with Gasteiger partial charge in [-0.2, -0.15) is 0 Å². The van der Waals surface area contributed by atoms with Gasteiger partial charge in [0.1, 0.15) is 0 Å². The van der Waals surface area contributed by atoms with Crippen molar-refractivity contribution in [3.05, 3.63) is 24.3 Å². The summed E-state index contributed by atoms with van der Waals surface area (Å²) in [6.45, 7) is 0. The molecule has 0 saturated carbocycles. The number of rotatable bonds is 3. The second-order valence-corrected chi connectivity index (χ2v) is 3.56. The molecule has 4 nitrogen and oxygen atoms in total. The Bertz CT molecular complexity index is 549. The number of fused-ring (bicyclic) bond motifs is 1. The third-order valence-corrected chi connectivity index (χ3v) is 2.63. The van der Waals surface area contributed by atoms with Crippen LogP contribution in [0.4, 0.5) is 0 Å². The van der Waals surface area contributed by atoms with Gasteiger partial charge in [0.15, 0.2) is 17.2 Å². The predicted molar refractivity (Wildman–Crippen MR) is 63.7 cm³/mol. The van der Waals surface area contributed by atoms with E-state index in [0.717, 1.165) is 10.8 Å². The molecule has 0 spiro atoms. The lowest BCUT2D eigenvalue weighted by Gasteiger charge is -2.10. The highest BCUT2D eigenvalue weighted by Gasteiger charge is 2.10. The van der Waals surface area contributed by atoms with Crippen LogP contribution in [0.15, 0.2) is 24.3 Å². The van der Waals surface area contributed by atoms with E-state index in [1.807, 2.05) is 6.07 Å². The lowest BCUT2D eigenvalue weighted by atomic mass is 10.1. The zero-order valence-electron chi connectivity index (χ0n) is 9.94. The van der Waals surface area contributed by atoms with Crippen LogP contribution in [0.1, 0.15) is 0 Å². The van der Waals surface area contributed by atoms with E-state index in [9.17, 15) is 5.11 Å². The maximum Gasteiger partial charge on any atom is 0.220 e. The van der Waals surface area contributed by atoms with Gasteiger partial charge < -0.3 is 14.2 Å². The molecule has 0 atom stereocenters. The zero-order chi connectivity index (χ0) is 12.4. The minimum Gasteiger partial charge on any atom is -0.493 e. The molecule has 0 aromatic heterocycles. The van der Waals surface area contributed by atoms with Crippen molar-refractivity contribution in [3.8, 4) is 23.0 Å². The molecule has 0 unspecified atom stereocenters. The van der Waals surface area contributed by atoms with Gasteiger partial charge in [0, 0.05) is 0 Å². The molecule has 2 aromatic carbocycles. The van der Waals surface area contributed by atoms with Gasteiger partial charge in [0.05, 0.1) is 21.3 Å². The largest absolute Gasteiger partial charge is 0.493 e. The van der Waals surface area contributed by atoms with Crippen LogP contribution in [0, 0.1) is 0 Å². The Kier molecular flexibility index (Phi) is 2.95. The SMILES string of the molecule is COc1cc2cc(OC)c(OC)cc2cc1[O]. The maximum absolute atomic E-state index is 11.6. The monoisotopic (exact) mass is 233 g/mol. The number of hydrogen-bond donors (Lipinski definition) is 0. The molecule has 0 amide bonds. The minimum absolute atomic E-state index is 0.146. The third kappa shape index (κ3) is 1.93. The van der Waals surface area contributed by atoms with Crippen LogP contribution in [-0.2, 0) is 5.11 Å². The Balaban J connectivity index is 2.70. The standard InChI is InChI=1S/C13H13O4/c1-15-11-5-9-7-13(17-3)12(16-2)6-8(9)4-10(11)14/h4-7H,1-3H3. The van der Waals surface area contributed by atoms with Crippen molar-refractivity contribution < 1.29 is 19.3 Å². The summed E-state index contributed by atoms with van der Waals surface area (Å²) < 4.78 is 15.4. The Morgan fingerprint density at radius 2 is 1.12 bits per heavy atom. The van der Waals surface area contributed by atoms with Gasteiger partial charge in [-0.05, 0) is 35.0 Å². The fourth-order valence-corrected chi connectivity index (χ4v) is 1.74. The second-order valence-electron chi connectivity index (χ2n) is 3.56. The smallest absolute Gasteiger partial charge is 0.220 e. The van der Waals surface area contributed by atoms with Crippen molar-refractivity contribution in [3.63, 3.8) is 0 Å². The lowest BCUT2D eigenvalue weighted by Crippen LogP contribution is -1.91. The van der Waals surface area contributed by atoms with E-state index in [4.69, 9.17) is 14.2 Å². The van der Waals surface area contributed by atoms with Crippen LogP contribution in [0.3, 0.4) is 0 Å². The summed E-state index contributed by atoms with van der Waals surface area (Å²) in [6, 6.07) is 6.81. The molecule has 1 radical (unpaired) electrons. The van der Waals surface area contributed by atoms with Crippen LogP contribution in [0.2, 0.25) is 0 Å². The van der Waals surface area contributed by atoms with E-state index in [1.165, 1.54) is 13.2 Å². The highest BCUT2D eigenvalue weighted by atomic mass is 16.5. The van der Waals surface area contributed by atoms with Crippen molar-refractivity contribution in [1.29, 1.82) is 0 Å². The second kappa shape index (κ2) is 4.41. The van der Waals surface area contributed by atoms with Gasteiger partial charge in [0.2, 0.25) is 5.75 Å². The van der Waals surface area contributed by atoms with Crippen LogP contribution in [0.5, 0.6) is 23.0 Å². The van der Waals surface area contributed by atoms with Crippen LogP contribution in [-0.4, -0.2) is 21.3 Å². The lowest BCUT2D eigenvalue weighted by molar-refractivity contribution is 0.316. The molecule has 2 aromatic rings. The van der Waals surface area contributed by atoms with Crippen molar-refractivity contribution in [1.82, 2.24) is 0 Å². The summed E-state index contributed by atoms with van der Waals surface area (Å²) in [6.07, 6.45) is 0. The Hall–Kier alpha value is -2.10. The molecule has 0 saturated heterocycles. The van der Waals surface area contributed by atoms with E-state index in [-0.39, 0.29) is 5.75 Å². The number of benzene rings is 2. The van der Waals surface area contributed by atoms with Crippen molar-refractivity contribution in [2.45, 2.75) is 0 Å². The first-order valence-corrected chi connectivity index (χ1v) is 5.10. The summed E-state index contributed by atoms with van der Waals surface area (Å²) in [5.74, 6) is 1.40. The number of ether oxygens (including phenoxy) is 3. The highest BCUT2D eigenvalue weighted by Crippen LogP contribution is 2.37. The van der Waals surface area contributed by atoms with Gasteiger partial charge in [-0.25, -0.2) is 0 Å². The zero-order valence-corrected chi connectivity index (χ0v) is 9.94. The molecule has 2 rings (SSSR count). The van der Waals surface area contributed by atoms with Crippen LogP contribution >= 0.6 is 0 Å². The van der Waals surface area contributed by atoms with Crippen LogP contribution < -0.4 is 14.2 Å². The van der Waals surface area contributed by atoms with Gasteiger partial charge in [-0.15, -0.1) is 0 Å². The quantitative estimate of drug-likeness (QED) is 0.818. The summed E-state index contributed by atoms with van der Waals surface area (Å²) in [4.78, 5) is 0. The van der Waals surface area contributed by atoms with Gasteiger partial charge in [-0.1, -0.05) is 0 Å². The summed E-state index contributed by atoms with van der Waals surface area (Å²) in [5.41, 5.74) is 0. The van der Waals surface area contributed by atoms with Crippen LogP contribution in [0.25, 0.3) is 10.8 Å². The molecule has 4 heteroatoms. The molecule has 89 valence electrons. The van der Waals surface area contributed by atoms with Crippen molar-refractivity contribution in [2.75, 3.05) is 21.3 Å². The maximum atomic E-state index is 11.6. The molecule has 17 heavy (non-hydrogen) atoms. The fraction of sp³-hybridized carbons (Fsp3) is 0.231. The number of methoxy groups -OCH3 is 3. The average molecular weight is 233 g/mol. The highest BCUT2D eigenvalue weighted by molar-refractivity contribution is 5.89. The molecule has 0 aliphatic heterocycles. The Morgan fingerprint density at radius 1 is 0.706 bits per heavy atom. The Morgan fingerprint density at radius 3 is 1.59 bits per heavy atom. The summed E-state index contributed by atoms with van der Waals surface area (Å²) >= 11 is 0. The van der Waals surface area contributed by atoms with Gasteiger partial charge in [0.25, 0.3) is 0 Å². The predicted octanol–water partition coefficient (Wildman–Crippen LogP) is 3.01. The first-order valence-electron chi connectivity index (χ1n) is 5.10. The minimum atomic E-state index is -0.146. The molecule has 0 bridgehead atoms.